The number of aliphatic hydroxyl groups excluding tert-OH is 1. The summed E-state index contributed by atoms with van der Waals surface area (Å²) in [6.45, 7) is 5.64. The minimum atomic E-state index is -0.850. The van der Waals surface area contributed by atoms with Gasteiger partial charge in [-0.25, -0.2) is 0 Å². The number of β-amino-alcohol motifs (C(OH)–C–C–N with tert-alkyl or cyclic N) is 1. The third kappa shape index (κ3) is 3.83. The Balaban J connectivity index is 1.58. The van der Waals surface area contributed by atoms with Crippen LogP contribution < -0.4 is 5.32 Å². The number of likely N-dealkylation sites (tertiary alicyclic amines) is 1. The number of hydrogen-bond donors (Lipinski definition) is 2. The molecule has 1 amide bonds. The van der Waals surface area contributed by atoms with Gasteiger partial charge < -0.3 is 14.9 Å². The van der Waals surface area contributed by atoms with E-state index >= 15 is 0 Å². The van der Waals surface area contributed by atoms with E-state index in [2.05, 4.69) is 20.4 Å². The Morgan fingerprint density at radius 3 is 2.79 bits per heavy atom. The molecule has 3 aromatic rings. The van der Waals surface area contributed by atoms with Crippen molar-refractivity contribution in [3.8, 4) is 0 Å². The van der Waals surface area contributed by atoms with E-state index in [1.807, 2.05) is 44.2 Å². The number of aliphatic hydroxyl groups is 1. The molecule has 1 saturated heterocycles. The molecule has 3 heterocycles. The average Bonchev–Trinajstić information content (AvgIpc) is 3.37. The number of piperidine rings is 1. The van der Waals surface area contributed by atoms with Crippen LogP contribution in [0.5, 0.6) is 0 Å². The number of rotatable bonds is 5. The molecule has 0 aliphatic carbocycles. The molecule has 8 heteroatoms. The summed E-state index contributed by atoms with van der Waals surface area (Å²) in [6, 6.07) is 9.71. The van der Waals surface area contributed by atoms with Gasteiger partial charge in [-0.2, -0.15) is 0 Å². The fourth-order valence-electron chi connectivity index (χ4n) is 3.97. The van der Waals surface area contributed by atoms with Crippen molar-refractivity contribution >= 4 is 17.2 Å². The Hall–Kier alpha value is -2.55. The van der Waals surface area contributed by atoms with Crippen LogP contribution in [-0.2, 0) is 12.1 Å². The van der Waals surface area contributed by atoms with Crippen molar-refractivity contribution in [2.75, 3.05) is 13.1 Å². The summed E-state index contributed by atoms with van der Waals surface area (Å²) in [7, 11) is 0. The molecule has 1 aliphatic heterocycles. The van der Waals surface area contributed by atoms with Crippen molar-refractivity contribution < 1.29 is 14.4 Å². The van der Waals surface area contributed by atoms with Gasteiger partial charge in [-0.15, -0.1) is 11.3 Å². The molecule has 2 N–H and O–H groups in total. The summed E-state index contributed by atoms with van der Waals surface area (Å²) < 4.78 is 5.27. The summed E-state index contributed by atoms with van der Waals surface area (Å²) in [5, 5.41) is 18.4. The third-order valence-corrected chi connectivity index (χ3v) is 6.44. The highest BCUT2D eigenvalue weighted by atomic mass is 32.1. The molecule has 1 aromatic carbocycles. The lowest BCUT2D eigenvalue weighted by Crippen LogP contribution is -2.61. The summed E-state index contributed by atoms with van der Waals surface area (Å²) in [5.74, 6) is 0.588. The SMILES string of the molecule is Cc1noc(C)c1CN1CC[C@](NC(=O)c2cncs2)(c2ccccc2)[C@H](O)C1. The standard InChI is InChI=1S/C21H24N4O3S/c1-14-17(15(2)28-24-14)11-25-9-8-21(19(26)12-25,16-6-4-3-5-7-16)23-20(27)18-10-22-13-29-18/h3-7,10,13,19,26H,8-9,11-12H2,1-2H3,(H,23,27)/t19-,21+/m1/s1. The Morgan fingerprint density at radius 1 is 1.38 bits per heavy atom. The Kier molecular flexibility index (Phi) is 5.49. The number of thiazole rings is 1. The average molecular weight is 413 g/mol. The summed E-state index contributed by atoms with van der Waals surface area (Å²) in [5.41, 5.74) is 3.61. The maximum Gasteiger partial charge on any atom is 0.263 e. The lowest BCUT2D eigenvalue weighted by atomic mass is 9.78. The number of carbonyl (C=O) groups is 1. The zero-order valence-electron chi connectivity index (χ0n) is 16.5. The first-order chi connectivity index (χ1) is 14.0. The molecule has 29 heavy (non-hydrogen) atoms. The predicted octanol–water partition coefficient (Wildman–Crippen LogP) is 2.64. The number of carbonyl (C=O) groups excluding carboxylic acids is 1. The molecule has 4 rings (SSSR count). The topological polar surface area (TPSA) is 91.5 Å². The van der Waals surface area contributed by atoms with Gasteiger partial charge >= 0.3 is 0 Å². The van der Waals surface area contributed by atoms with Gasteiger partial charge in [-0.3, -0.25) is 14.7 Å². The molecule has 1 aliphatic rings. The minimum absolute atomic E-state index is 0.213. The van der Waals surface area contributed by atoms with Gasteiger partial charge in [0.05, 0.1) is 29.0 Å². The number of aromatic nitrogens is 2. The highest BCUT2D eigenvalue weighted by molar-refractivity contribution is 7.11. The minimum Gasteiger partial charge on any atom is -0.389 e. The van der Waals surface area contributed by atoms with Crippen LogP contribution in [0, 0.1) is 13.8 Å². The van der Waals surface area contributed by atoms with Crippen LogP contribution >= 0.6 is 11.3 Å². The second kappa shape index (κ2) is 8.06. The van der Waals surface area contributed by atoms with Crippen LogP contribution in [0.2, 0.25) is 0 Å². The number of hydrogen-bond acceptors (Lipinski definition) is 7. The van der Waals surface area contributed by atoms with Crippen LogP contribution in [0.3, 0.4) is 0 Å². The van der Waals surface area contributed by atoms with Gasteiger partial charge in [0, 0.05) is 25.2 Å². The molecule has 0 saturated carbocycles. The maximum atomic E-state index is 12.8. The van der Waals surface area contributed by atoms with Gasteiger partial charge in [0.25, 0.3) is 5.91 Å². The number of benzene rings is 1. The summed E-state index contributed by atoms with van der Waals surface area (Å²) >= 11 is 1.29. The van der Waals surface area contributed by atoms with Crippen molar-refractivity contribution in [2.24, 2.45) is 0 Å². The maximum absolute atomic E-state index is 12.8. The van der Waals surface area contributed by atoms with E-state index in [1.54, 1.807) is 11.7 Å². The van der Waals surface area contributed by atoms with E-state index in [0.717, 1.165) is 29.1 Å². The Morgan fingerprint density at radius 2 is 2.17 bits per heavy atom. The quantitative estimate of drug-likeness (QED) is 0.669. The fourth-order valence-corrected chi connectivity index (χ4v) is 4.49. The first-order valence-electron chi connectivity index (χ1n) is 9.58. The van der Waals surface area contributed by atoms with Crippen LogP contribution in [0.25, 0.3) is 0 Å². The van der Waals surface area contributed by atoms with Crippen molar-refractivity contribution in [3.63, 3.8) is 0 Å². The molecule has 0 unspecified atom stereocenters. The second-order valence-corrected chi connectivity index (χ2v) is 8.35. The van der Waals surface area contributed by atoms with E-state index in [9.17, 15) is 9.90 Å². The second-order valence-electron chi connectivity index (χ2n) is 7.46. The van der Waals surface area contributed by atoms with Gasteiger partial charge in [0.15, 0.2) is 0 Å². The normalized spacial score (nSPS) is 22.5. The number of nitrogens with one attached hydrogen (secondary N) is 1. The molecule has 2 aromatic heterocycles. The highest BCUT2D eigenvalue weighted by Gasteiger charge is 2.45. The van der Waals surface area contributed by atoms with Gasteiger partial charge in [0.1, 0.15) is 10.6 Å². The lowest BCUT2D eigenvalue weighted by Gasteiger charge is -2.46. The lowest BCUT2D eigenvalue weighted by molar-refractivity contribution is -0.0181. The highest BCUT2D eigenvalue weighted by Crippen LogP contribution is 2.35. The first kappa shape index (κ1) is 19.8. The number of aryl methyl sites for hydroxylation is 2. The first-order valence-corrected chi connectivity index (χ1v) is 10.5. The number of amides is 1. The number of nitrogens with zero attached hydrogens (tertiary/aromatic N) is 3. The third-order valence-electron chi connectivity index (χ3n) is 5.67. The van der Waals surface area contributed by atoms with Crippen LogP contribution in [0.15, 0.2) is 46.6 Å². The molecule has 152 valence electrons. The van der Waals surface area contributed by atoms with E-state index < -0.39 is 11.6 Å². The summed E-state index contributed by atoms with van der Waals surface area (Å²) in [6.07, 6.45) is 1.38. The molecule has 1 fully saturated rings. The van der Waals surface area contributed by atoms with E-state index in [4.69, 9.17) is 4.52 Å². The van der Waals surface area contributed by atoms with Crippen LogP contribution in [-0.4, -0.2) is 45.2 Å². The Labute approximate surface area is 173 Å². The van der Waals surface area contributed by atoms with Crippen molar-refractivity contribution in [1.29, 1.82) is 0 Å². The smallest absolute Gasteiger partial charge is 0.263 e. The largest absolute Gasteiger partial charge is 0.389 e. The molecule has 7 nitrogen and oxygen atoms in total. The zero-order valence-corrected chi connectivity index (χ0v) is 17.3. The summed E-state index contributed by atoms with van der Waals surface area (Å²) in [4.78, 5) is 19.5. The van der Waals surface area contributed by atoms with E-state index in [1.165, 1.54) is 11.3 Å². The monoisotopic (exact) mass is 412 g/mol. The van der Waals surface area contributed by atoms with E-state index in [-0.39, 0.29) is 5.91 Å². The molecule has 0 bridgehead atoms. The van der Waals surface area contributed by atoms with Crippen molar-refractivity contribution in [2.45, 2.75) is 38.5 Å². The molecule has 2 atom stereocenters. The van der Waals surface area contributed by atoms with Crippen molar-refractivity contribution in [3.05, 3.63) is 69.5 Å². The van der Waals surface area contributed by atoms with Gasteiger partial charge in [-0.1, -0.05) is 35.5 Å². The molecular formula is C21H24N4O3S. The fraction of sp³-hybridized carbons (Fsp3) is 0.381. The molecule has 0 spiro atoms. The van der Waals surface area contributed by atoms with Crippen molar-refractivity contribution in [1.82, 2.24) is 20.4 Å². The van der Waals surface area contributed by atoms with Gasteiger partial charge in [0.2, 0.25) is 0 Å². The predicted molar refractivity (Wildman–Crippen MR) is 110 cm³/mol. The van der Waals surface area contributed by atoms with E-state index in [0.29, 0.717) is 24.4 Å². The Bertz CT molecular complexity index is 954. The zero-order chi connectivity index (χ0) is 20.4. The van der Waals surface area contributed by atoms with Crippen LogP contribution in [0.1, 0.15) is 38.7 Å². The van der Waals surface area contributed by atoms with Crippen LogP contribution in [0.4, 0.5) is 0 Å². The van der Waals surface area contributed by atoms with Gasteiger partial charge in [-0.05, 0) is 25.8 Å². The molecule has 0 radical (unpaired) electrons. The molecular weight excluding hydrogens is 388 g/mol.